The minimum atomic E-state index is -0.239. The highest BCUT2D eigenvalue weighted by atomic mass is 19.1. The van der Waals surface area contributed by atoms with Crippen LogP contribution in [0.25, 0.3) is 0 Å². The van der Waals surface area contributed by atoms with E-state index < -0.39 is 0 Å². The molecule has 0 aromatic heterocycles. The molecule has 0 spiro atoms. The third kappa shape index (κ3) is 4.38. The maximum Gasteiger partial charge on any atom is 0.123 e. The largest absolute Gasteiger partial charge is 0.497 e. The Morgan fingerprint density at radius 2 is 1.50 bits per heavy atom. The molecule has 1 aliphatic rings. The molecule has 1 fully saturated rings. The van der Waals surface area contributed by atoms with Crippen LogP contribution in [0, 0.1) is 5.82 Å². The van der Waals surface area contributed by atoms with Crippen LogP contribution in [0.4, 0.5) is 10.1 Å². The summed E-state index contributed by atoms with van der Waals surface area (Å²) in [5.74, 6) is 1.36. The summed E-state index contributed by atoms with van der Waals surface area (Å²) in [6, 6.07) is 14.4. The number of hydrogen-bond donors (Lipinski definition) is 0. The predicted molar refractivity (Wildman–Crippen MR) is 93.5 cm³/mol. The van der Waals surface area contributed by atoms with Crippen molar-refractivity contribution in [3.8, 4) is 11.5 Å². The Kier molecular flexibility index (Phi) is 5.54. The van der Waals surface area contributed by atoms with E-state index in [1.54, 1.807) is 19.2 Å². The molecular weight excluding hydrogens is 307 g/mol. The maximum absolute atomic E-state index is 12.8. The number of methoxy groups -OCH3 is 1. The molecule has 4 nitrogen and oxygen atoms in total. The van der Waals surface area contributed by atoms with Gasteiger partial charge in [0, 0.05) is 38.4 Å². The van der Waals surface area contributed by atoms with Gasteiger partial charge in [-0.15, -0.1) is 0 Å². The van der Waals surface area contributed by atoms with Gasteiger partial charge in [-0.1, -0.05) is 0 Å². The summed E-state index contributed by atoms with van der Waals surface area (Å²) in [7, 11) is 1.68. The van der Waals surface area contributed by atoms with Crippen LogP contribution in [-0.4, -0.2) is 51.3 Å². The number of nitrogens with zero attached hydrogens (tertiary/aromatic N) is 2. The van der Waals surface area contributed by atoms with Gasteiger partial charge in [0.1, 0.15) is 23.9 Å². The third-order valence-electron chi connectivity index (χ3n) is 4.30. The van der Waals surface area contributed by atoms with Crippen LogP contribution in [0.15, 0.2) is 48.5 Å². The second kappa shape index (κ2) is 8.02. The van der Waals surface area contributed by atoms with Gasteiger partial charge in [-0.05, 0) is 48.5 Å². The Hall–Kier alpha value is -2.27. The molecule has 1 saturated heterocycles. The lowest BCUT2D eigenvalue weighted by Crippen LogP contribution is -2.47. The molecule has 2 aromatic rings. The summed E-state index contributed by atoms with van der Waals surface area (Å²) in [4.78, 5) is 4.78. The van der Waals surface area contributed by atoms with Gasteiger partial charge < -0.3 is 14.4 Å². The number of benzene rings is 2. The van der Waals surface area contributed by atoms with Crippen molar-refractivity contribution >= 4 is 5.69 Å². The van der Waals surface area contributed by atoms with E-state index >= 15 is 0 Å². The predicted octanol–water partition coefficient (Wildman–Crippen LogP) is 3.04. The zero-order valence-electron chi connectivity index (χ0n) is 14.0. The van der Waals surface area contributed by atoms with E-state index in [1.807, 2.05) is 12.1 Å². The summed E-state index contributed by atoms with van der Waals surface area (Å²) >= 11 is 0. The normalized spacial score (nSPS) is 15.3. The third-order valence-corrected chi connectivity index (χ3v) is 4.30. The van der Waals surface area contributed by atoms with Crippen LogP contribution in [0.3, 0.4) is 0 Å². The first kappa shape index (κ1) is 16.6. The fourth-order valence-electron chi connectivity index (χ4n) is 2.85. The Balaban J connectivity index is 1.40. The lowest BCUT2D eigenvalue weighted by atomic mass is 10.2. The molecule has 0 amide bonds. The van der Waals surface area contributed by atoms with Crippen molar-refractivity contribution in [2.24, 2.45) is 0 Å². The maximum atomic E-state index is 12.8. The van der Waals surface area contributed by atoms with Crippen LogP contribution in [0.5, 0.6) is 11.5 Å². The van der Waals surface area contributed by atoms with Crippen LogP contribution in [-0.2, 0) is 0 Å². The number of anilines is 1. The van der Waals surface area contributed by atoms with Crippen molar-refractivity contribution in [3.63, 3.8) is 0 Å². The van der Waals surface area contributed by atoms with Crippen LogP contribution >= 0.6 is 0 Å². The molecule has 0 atom stereocenters. The lowest BCUT2D eigenvalue weighted by molar-refractivity contribution is 0.200. The topological polar surface area (TPSA) is 24.9 Å². The van der Waals surface area contributed by atoms with E-state index in [-0.39, 0.29) is 5.82 Å². The minimum Gasteiger partial charge on any atom is -0.497 e. The van der Waals surface area contributed by atoms with Crippen LogP contribution in [0.1, 0.15) is 0 Å². The van der Waals surface area contributed by atoms with Crippen molar-refractivity contribution in [3.05, 3.63) is 54.3 Å². The molecule has 0 N–H and O–H groups in total. The van der Waals surface area contributed by atoms with Gasteiger partial charge in [0.15, 0.2) is 0 Å². The fourth-order valence-corrected chi connectivity index (χ4v) is 2.85. The van der Waals surface area contributed by atoms with Crippen molar-refractivity contribution in [2.45, 2.75) is 0 Å². The summed E-state index contributed by atoms with van der Waals surface area (Å²) < 4.78 is 23.7. The molecule has 0 unspecified atom stereocenters. The van der Waals surface area contributed by atoms with E-state index in [4.69, 9.17) is 9.47 Å². The number of ether oxygens (including phenoxy) is 2. The quantitative estimate of drug-likeness (QED) is 0.813. The zero-order chi connectivity index (χ0) is 16.8. The van der Waals surface area contributed by atoms with Gasteiger partial charge in [0.2, 0.25) is 0 Å². The number of hydrogen-bond acceptors (Lipinski definition) is 4. The van der Waals surface area contributed by atoms with E-state index in [0.29, 0.717) is 12.4 Å². The highest BCUT2D eigenvalue weighted by molar-refractivity contribution is 5.49. The van der Waals surface area contributed by atoms with E-state index in [9.17, 15) is 4.39 Å². The van der Waals surface area contributed by atoms with Gasteiger partial charge in [0.05, 0.1) is 7.11 Å². The molecule has 1 aliphatic heterocycles. The van der Waals surface area contributed by atoms with Crippen molar-refractivity contribution in [1.82, 2.24) is 4.90 Å². The summed E-state index contributed by atoms with van der Waals surface area (Å²) in [5.41, 5.74) is 1.23. The molecule has 5 heteroatoms. The van der Waals surface area contributed by atoms with E-state index in [0.717, 1.165) is 38.5 Å². The molecule has 0 saturated carbocycles. The first-order chi connectivity index (χ1) is 11.7. The molecule has 24 heavy (non-hydrogen) atoms. The molecule has 2 aromatic carbocycles. The molecule has 0 aliphatic carbocycles. The lowest BCUT2D eigenvalue weighted by Gasteiger charge is -2.36. The fraction of sp³-hybridized carbons (Fsp3) is 0.368. The monoisotopic (exact) mass is 330 g/mol. The van der Waals surface area contributed by atoms with Crippen LogP contribution < -0.4 is 14.4 Å². The number of piperazine rings is 1. The van der Waals surface area contributed by atoms with Crippen LogP contribution in [0.2, 0.25) is 0 Å². The summed E-state index contributed by atoms with van der Waals surface area (Å²) in [6.07, 6.45) is 0. The Bertz CT molecular complexity index is 623. The minimum absolute atomic E-state index is 0.239. The average Bonchev–Trinajstić information content (AvgIpc) is 2.64. The van der Waals surface area contributed by atoms with Gasteiger partial charge in [-0.3, -0.25) is 4.90 Å². The highest BCUT2D eigenvalue weighted by Gasteiger charge is 2.17. The smallest absolute Gasteiger partial charge is 0.123 e. The zero-order valence-corrected chi connectivity index (χ0v) is 14.0. The summed E-state index contributed by atoms with van der Waals surface area (Å²) in [6.45, 7) is 5.53. The van der Waals surface area contributed by atoms with Gasteiger partial charge in [-0.25, -0.2) is 4.39 Å². The Labute approximate surface area is 142 Å². The molecule has 1 heterocycles. The average molecular weight is 330 g/mol. The van der Waals surface area contributed by atoms with E-state index in [1.165, 1.54) is 17.8 Å². The van der Waals surface area contributed by atoms with Gasteiger partial charge in [0.25, 0.3) is 0 Å². The first-order valence-corrected chi connectivity index (χ1v) is 8.24. The molecule has 0 radical (unpaired) electrons. The Morgan fingerprint density at radius 3 is 2.12 bits per heavy atom. The first-order valence-electron chi connectivity index (χ1n) is 8.24. The second-order valence-corrected chi connectivity index (χ2v) is 5.83. The molecule has 3 rings (SSSR count). The van der Waals surface area contributed by atoms with Gasteiger partial charge >= 0.3 is 0 Å². The van der Waals surface area contributed by atoms with Gasteiger partial charge in [-0.2, -0.15) is 0 Å². The Morgan fingerprint density at radius 1 is 0.875 bits per heavy atom. The standard InChI is InChI=1S/C19H23FN2O2/c1-23-18-8-4-17(5-9-18)22-12-10-21(11-13-22)14-15-24-19-6-2-16(20)3-7-19/h2-9H,10-15H2,1H3. The number of rotatable bonds is 6. The summed E-state index contributed by atoms with van der Waals surface area (Å²) in [5, 5.41) is 0. The van der Waals surface area contributed by atoms with Crippen molar-refractivity contribution in [2.75, 3.05) is 51.3 Å². The second-order valence-electron chi connectivity index (χ2n) is 5.83. The molecule has 0 bridgehead atoms. The van der Waals surface area contributed by atoms with E-state index in [2.05, 4.69) is 21.9 Å². The molecule has 128 valence electrons. The highest BCUT2D eigenvalue weighted by Crippen LogP contribution is 2.20. The van der Waals surface area contributed by atoms with Crippen molar-refractivity contribution < 1.29 is 13.9 Å². The number of halogens is 1. The van der Waals surface area contributed by atoms with Crippen molar-refractivity contribution in [1.29, 1.82) is 0 Å². The molecular formula is C19H23FN2O2. The SMILES string of the molecule is COc1ccc(N2CCN(CCOc3ccc(F)cc3)CC2)cc1.